The Labute approximate surface area is 115 Å². The molecule has 1 fully saturated rings. The predicted molar refractivity (Wildman–Crippen MR) is 68.9 cm³/mol. The summed E-state index contributed by atoms with van der Waals surface area (Å²) in [5.74, 6) is -0.153. The number of rotatable bonds is 3. The molecule has 1 aliphatic rings. The Morgan fingerprint density at radius 2 is 2.10 bits per heavy atom. The SMILES string of the molecule is CN(Cc1ccccc1C(F)(F)F)C(=O)C1CCCN1. The van der Waals surface area contributed by atoms with Crippen molar-refractivity contribution in [1.29, 1.82) is 0 Å². The van der Waals surface area contributed by atoms with Crippen LogP contribution in [0.5, 0.6) is 0 Å². The molecule has 0 spiro atoms. The summed E-state index contributed by atoms with van der Waals surface area (Å²) in [6.45, 7) is 0.746. The van der Waals surface area contributed by atoms with E-state index in [1.807, 2.05) is 0 Å². The lowest BCUT2D eigenvalue weighted by atomic mass is 10.1. The summed E-state index contributed by atoms with van der Waals surface area (Å²) in [7, 11) is 1.54. The van der Waals surface area contributed by atoms with Gasteiger partial charge in [0, 0.05) is 13.6 Å². The second-order valence-corrected chi connectivity index (χ2v) is 5.00. The molecule has 1 aliphatic heterocycles. The Morgan fingerprint density at radius 1 is 1.40 bits per heavy atom. The molecule has 1 aromatic carbocycles. The largest absolute Gasteiger partial charge is 0.416 e. The van der Waals surface area contributed by atoms with Gasteiger partial charge in [0.15, 0.2) is 0 Å². The van der Waals surface area contributed by atoms with Crippen LogP contribution < -0.4 is 5.32 Å². The van der Waals surface area contributed by atoms with Gasteiger partial charge in [0.05, 0.1) is 11.6 Å². The zero-order chi connectivity index (χ0) is 14.8. The third kappa shape index (κ3) is 3.30. The number of hydrogen-bond donors (Lipinski definition) is 1. The van der Waals surface area contributed by atoms with Crippen LogP contribution in [0.4, 0.5) is 13.2 Å². The van der Waals surface area contributed by atoms with Crippen LogP contribution in [0.1, 0.15) is 24.0 Å². The first-order valence-corrected chi connectivity index (χ1v) is 6.53. The zero-order valence-electron chi connectivity index (χ0n) is 11.2. The van der Waals surface area contributed by atoms with E-state index in [9.17, 15) is 18.0 Å². The summed E-state index contributed by atoms with van der Waals surface area (Å²) in [5, 5.41) is 3.05. The molecule has 2 rings (SSSR count). The van der Waals surface area contributed by atoms with Gasteiger partial charge in [-0.3, -0.25) is 4.79 Å². The van der Waals surface area contributed by atoms with Gasteiger partial charge >= 0.3 is 6.18 Å². The highest BCUT2D eigenvalue weighted by Gasteiger charge is 2.34. The molecule has 1 atom stereocenters. The maximum atomic E-state index is 12.9. The quantitative estimate of drug-likeness (QED) is 0.925. The molecule has 20 heavy (non-hydrogen) atoms. The molecule has 1 heterocycles. The number of nitrogens with zero attached hydrogens (tertiary/aromatic N) is 1. The normalized spacial score (nSPS) is 19.1. The number of hydrogen-bond acceptors (Lipinski definition) is 2. The zero-order valence-corrected chi connectivity index (χ0v) is 11.2. The van der Waals surface area contributed by atoms with Crippen molar-refractivity contribution in [2.24, 2.45) is 0 Å². The Morgan fingerprint density at radius 3 is 2.70 bits per heavy atom. The van der Waals surface area contributed by atoms with Gasteiger partial charge in [-0.2, -0.15) is 13.2 Å². The molecule has 1 saturated heterocycles. The summed E-state index contributed by atoms with van der Waals surface area (Å²) < 4.78 is 38.7. The van der Waals surface area contributed by atoms with Crippen LogP contribution in [-0.4, -0.2) is 30.4 Å². The van der Waals surface area contributed by atoms with Crippen molar-refractivity contribution in [2.45, 2.75) is 31.6 Å². The van der Waals surface area contributed by atoms with E-state index >= 15 is 0 Å². The summed E-state index contributed by atoms with van der Waals surface area (Å²) in [6.07, 6.45) is -2.74. The average Bonchev–Trinajstić information content (AvgIpc) is 2.91. The third-order valence-electron chi connectivity index (χ3n) is 3.46. The number of carbonyl (C=O) groups excluding carboxylic acids is 1. The first kappa shape index (κ1) is 14.8. The minimum Gasteiger partial charge on any atom is -0.340 e. The van der Waals surface area contributed by atoms with Gasteiger partial charge in [0.25, 0.3) is 0 Å². The van der Waals surface area contributed by atoms with Crippen LogP contribution in [0.3, 0.4) is 0 Å². The molecule has 1 aromatic rings. The highest BCUT2D eigenvalue weighted by atomic mass is 19.4. The van der Waals surface area contributed by atoms with Crippen molar-refractivity contribution < 1.29 is 18.0 Å². The molecule has 0 saturated carbocycles. The Kier molecular flexibility index (Phi) is 4.32. The van der Waals surface area contributed by atoms with Crippen LogP contribution in [0.15, 0.2) is 24.3 Å². The first-order valence-electron chi connectivity index (χ1n) is 6.53. The maximum Gasteiger partial charge on any atom is 0.416 e. The molecule has 6 heteroatoms. The van der Waals surface area contributed by atoms with Crippen molar-refractivity contribution in [3.63, 3.8) is 0 Å². The van der Waals surface area contributed by atoms with Crippen LogP contribution in [0.2, 0.25) is 0 Å². The smallest absolute Gasteiger partial charge is 0.340 e. The molecule has 0 bridgehead atoms. The minimum atomic E-state index is -4.40. The van der Waals surface area contributed by atoms with E-state index < -0.39 is 11.7 Å². The van der Waals surface area contributed by atoms with Gasteiger partial charge < -0.3 is 10.2 Å². The number of nitrogens with one attached hydrogen (secondary N) is 1. The summed E-state index contributed by atoms with van der Waals surface area (Å²) in [4.78, 5) is 13.4. The summed E-state index contributed by atoms with van der Waals surface area (Å²) in [5.41, 5.74) is -0.562. The molecular weight excluding hydrogens is 269 g/mol. The van der Waals surface area contributed by atoms with E-state index in [1.54, 1.807) is 6.07 Å². The summed E-state index contributed by atoms with van der Waals surface area (Å²) in [6, 6.07) is 5.09. The number of carbonyl (C=O) groups is 1. The van der Waals surface area contributed by atoms with E-state index in [2.05, 4.69) is 5.32 Å². The number of benzene rings is 1. The number of amides is 1. The Hall–Kier alpha value is -1.56. The summed E-state index contributed by atoms with van der Waals surface area (Å²) >= 11 is 0. The van der Waals surface area contributed by atoms with Gasteiger partial charge in [-0.25, -0.2) is 0 Å². The van der Waals surface area contributed by atoms with Gasteiger partial charge in [0.1, 0.15) is 0 Å². The van der Waals surface area contributed by atoms with Gasteiger partial charge in [-0.15, -0.1) is 0 Å². The third-order valence-corrected chi connectivity index (χ3v) is 3.46. The van der Waals surface area contributed by atoms with Crippen molar-refractivity contribution in [3.8, 4) is 0 Å². The Balaban J connectivity index is 2.11. The van der Waals surface area contributed by atoms with Crippen molar-refractivity contribution in [3.05, 3.63) is 35.4 Å². The van der Waals surface area contributed by atoms with E-state index in [0.717, 1.165) is 25.5 Å². The lowest BCUT2D eigenvalue weighted by Crippen LogP contribution is -2.41. The fraction of sp³-hybridized carbons (Fsp3) is 0.500. The van der Waals surface area contributed by atoms with Crippen LogP contribution in [0.25, 0.3) is 0 Å². The fourth-order valence-corrected chi connectivity index (χ4v) is 2.43. The average molecular weight is 286 g/mol. The van der Waals surface area contributed by atoms with E-state index in [1.165, 1.54) is 24.1 Å². The fourth-order valence-electron chi connectivity index (χ4n) is 2.43. The molecule has 1 amide bonds. The molecule has 1 unspecified atom stereocenters. The Bertz CT molecular complexity index is 482. The second-order valence-electron chi connectivity index (χ2n) is 5.00. The lowest BCUT2D eigenvalue weighted by Gasteiger charge is -2.23. The van der Waals surface area contributed by atoms with Gasteiger partial charge in [-0.1, -0.05) is 18.2 Å². The van der Waals surface area contributed by atoms with Crippen molar-refractivity contribution in [2.75, 3.05) is 13.6 Å². The predicted octanol–water partition coefficient (Wildman–Crippen LogP) is 2.42. The lowest BCUT2D eigenvalue weighted by molar-refractivity contribution is -0.139. The molecular formula is C14H17F3N2O. The van der Waals surface area contributed by atoms with Crippen molar-refractivity contribution >= 4 is 5.91 Å². The minimum absolute atomic E-state index is 0.0350. The second kappa shape index (κ2) is 5.83. The van der Waals surface area contributed by atoms with Crippen LogP contribution in [-0.2, 0) is 17.5 Å². The number of alkyl halides is 3. The van der Waals surface area contributed by atoms with E-state index in [0.29, 0.717) is 0 Å². The highest BCUT2D eigenvalue weighted by molar-refractivity contribution is 5.82. The highest BCUT2D eigenvalue weighted by Crippen LogP contribution is 2.32. The van der Waals surface area contributed by atoms with Crippen LogP contribution in [0, 0.1) is 0 Å². The van der Waals surface area contributed by atoms with E-state index in [4.69, 9.17) is 0 Å². The maximum absolute atomic E-state index is 12.9. The van der Waals surface area contributed by atoms with Crippen molar-refractivity contribution in [1.82, 2.24) is 10.2 Å². The van der Waals surface area contributed by atoms with Gasteiger partial charge in [-0.05, 0) is 31.0 Å². The number of likely N-dealkylation sites (N-methyl/N-ethyl adjacent to an activating group) is 1. The first-order chi connectivity index (χ1) is 9.39. The van der Waals surface area contributed by atoms with E-state index in [-0.39, 0.29) is 24.1 Å². The van der Waals surface area contributed by atoms with Crippen LogP contribution >= 0.6 is 0 Å². The molecule has 0 aliphatic carbocycles. The molecule has 0 aromatic heterocycles. The molecule has 110 valence electrons. The molecule has 1 N–H and O–H groups in total. The number of halogens is 3. The van der Waals surface area contributed by atoms with Gasteiger partial charge in [0.2, 0.25) is 5.91 Å². The topological polar surface area (TPSA) is 32.3 Å². The molecule has 3 nitrogen and oxygen atoms in total. The monoisotopic (exact) mass is 286 g/mol. The standard InChI is InChI=1S/C14H17F3N2O/c1-19(13(20)12-7-4-8-18-12)9-10-5-2-3-6-11(10)14(15,16)17/h2-3,5-6,12,18H,4,7-9H2,1H3. The molecule has 0 radical (unpaired) electrons.